The molecular formula is C14H23ClN2O3. The Morgan fingerprint density at radius 2 is 1.95 bits per heavy atom. The molecule has 1 aromatic carbocycles. The molecule has 6 heteroatoms. The molecule has 0 aliphatic carbocycles. The molecule has 1 rings (SSSR count). The number of nitrogens with zero attached hydrogens (tertiary/aromatic N) is 1. The van der Waals surface area contributed by atoms with Crippen molar-refractivity contribution in [2.24, 2.45) is 0 Å². The summed E-state index contributed by atoms with van der Waals surface area (Å²) in [6, 6.07) is 8.96. The van der Waals surface area contributed by atoms with E-state index in [1.165, 1.54) is 4.90 Å². The van der Waals surface area contributed by atoms with Crippen molar-refractivity contribution in [3.8, 4) is 0 Å². The van der Waals surface area contributed by atoms with Gasteiger partial charge in [0.25, 0.3) is 0 Å². The molecule has 0 heterocycles. The quantitative estimate of drug-likeness (QED) is 0.644. The second kappa shape index (κ2) is 9.72. The molecule has 0 saturated carbocycles. The van der Waals surface area contributed by atoms with Crippen molar-refractivity contribution in [3.05, 3.63) is 35.9 Å². The predicted octanol–water partition coefficient (Wildman–Crippen LogP) is 0.571. The summed E-state index contributed by atoms with van der Waals surface area (Å²) in [6.07, 6.45) is -0.715. The van der Waals surface area contributed by atoms with Crippen LogP contribution in [0.3, 0.4) is 0 Å². The van der Waals surface area contributed by atoms with Crippen LogP contribution in [0.4, 0.5) is 0 Å². The van der Waals surface area contributed by atoms with Gasteiger partial charge < -0.3 is 20.4 Å². The van der Waals surface area contributed by atoms with E-state index in [9.17, 15) is 9.90 Å². The van der Waals surface area contributed by atoms with E-state index in [1.54, 1.807) is 7.05 Å². The number of carbonyl (C=O) groups excluding carboxylic acids is 1. The fraction of sp³-hybridized carbons (Fsp3) is 0.500. The Morgan fingerprint density at radius 3 is 2.50 bits per heavy atom. The fourth-order valence-electron chi connectivity index (χ4n) is 1.77. The predicted molar refractivity (Wildman–Crippen MR) is 80.8 cm³/mol. The smallest absolute Gasteiger partial charge is 0.236 e. The van der Waals surface area contributed by atoms with E-state index < -0.39 is 6.10 Å². The van der Waals surface area contributed by atoms with E-state index in [1.807, 2.05) is 37.3 Å². The molecule has 114 valence electrons. The summed E-state index contributed by atoms with van der Waals surface area (Å²) in [4.78, 5) is 13.4. The highest BCUT2D eigenvalue weighted by Crippen LogP contribution is 2.19. The van der Waals surface area contributed by atoms with Gasteiger partial charge in [0.1, 0.15) is 0 Å². The van der Waals surface area contributed by atoms with Crippen LogP contribution in [0.25, 0.3) is 0 Å². The molecule has 1 aromatic rings. The highest BCUT2D eigenvalue weighted by atomic mass is 35.5. The molecular weight excluding hydrogens is 280 g/mol. The van der Waals surface area contributed by atoms with Gasteiger partial charge in [-0.2, -0.15) is 0 Å². The van der Waals surface area contributed by atoms with E-state index in [0.29, 0.717) is 6.54 Å². The van der Waals surface area contributed by atoms with Crippen LogP contribution in [-0.2, 0) is 4.79 Å². The first-order chi connectivity index (χ1) is 9.07. The zero-order valence-corrected chi connectivity index (χ0v) is 12.6. The lowest BCUT2D eigenvalue weighted by Crippen LogP contribution is -2.43. The van der Waals surface area contributed by atoms with Gasteiger partial charge in [0.05, 0.1) is 25.3 Å². The average Bonchev–Trinajstić information content (AvgIpc) is 2.46. The van der Waals surface area contributed by atoms with E-state index in [-0.39, 0.29) is 37.5 Å². The lowest BCUT2D eigenvalue weighted by Gasteiger charge is -2.29. The number of carbonyl (C=O) groups is 1. The molecule has 0 fully saturated rings. The highest BCUT2D eigenvalue weighted by molar-refractivity contribution is 5.85. The van der Waals surface area contributed by atoms with Gasteiger partial charge >= 0.3 is 0 Å². The summed E-state index contributed by atoms with van der Waals surface area (Å²) >= 11 is 0. The third kappa shape index (κ3) is 5.46. The van der Waals surface area contributed by atoms with Gasteiger partial charge in [0.2, 0.25) is 5.91 Å². The minimum atomic E-state index is -0.715. The van der Waals surface area contributed by atoms with Crippen LogP contribution in [0.1, 0.15) is 18.6 Å². The number of rotatable bonds is 7. The Morgan fingerprint density at radius 1 is 1.35 bits per heavy atom. The number of halogens is 1. The average molecular weight is 303 g/mol. The van der Waals surface area contributed by atoms with Crippen molar-refractivity contribution in [1.29, 1.82) is 0 Å². The first-order valence-electron chi connectivity index (χ1n) is 6.38. The van der Waals surface area contributed by atoms with Crippen LogP contribution in [0.2, 0.25) is 0 Å². The maximum Gasteiger partial charge on any atom is 0.236 e. The van der Waals surface area contributed by atoms with Gasteiger partial charge in [-0.3, -0.25) is 4.79 Å². The summed E-state index contributed by atoms with van der Waals surface area (Å²) in [7, 11) is 1.67. The number of likely N-dealkylation sites (N-methyl/N-ethyl adjacent to an activating group) is 1. The summed E-state index contributed by atoms with van der Waals surface area (Å²) in [5.74, 6) is -0.115. The largest absolute Gasteiger partial charge is 0.395 e. The zero-order chi connectivity index (χ0) is 14.3. The van der Waals surface area contributed by atoms with Crippen LogP contribution in [0.5, 0.6) is 0 Å². The van der Waals surface area contributed by atoms with Crippen molar-refractivity contribution >= 4 is 18.3 Å². The number of aliphatic hydroxyl groups is 2. The minimum Gasteiger partial charge on any atom is -0.395 e. The van der Waals surface area contributed by atoms with Gasteiger partial charge in [-0.25, -0.2) is 0 Å². The molecule has 0 saturated heterocycles. The SMILES string of the molecule is CC(C(O)c1ccccc1)N(C)C(=O)CNCCO.Cl. The van der Waals surface area contributed by atoms with Gasteiger partial charge in [-0.1, -0.05) is 30.3 Å². The molecule has 3 N–H and O–H groups in total. The van der Waals surface area contributed by atoms with Gasteiger partial charge in [-0.05, 0) is 12.5 Å². The number of amides is 1. The Balaban J connectivity index is 0.00000361. The third-order valence-corrected chi connectivity index (χ3v) is 3.17. The fourth-order valence-corrected chi connectivity index (χ4v) is 1.77. The second-order valence-electron chi connectivity index (χ2n) is 4.50. The van der Waals surface area contributed by atoms with E-state index >= 15 is 0 Å². The number of aliphatic hydroxyl groups excluding tert-OH is 2. The molecule has 0 radical (unpaired) electrons. The standard InChI is InChI=1S/C14H22N2O3.ClH/c1-11(14(19)12-6-4-3-5-7-12)16(2)13(18)10-15-8-9-17;/h3-7,11,14-15,17,19H,8-10H2,1-2H3;1H. The molecule has 2 unspecified atom stereocenters. The number of benzene rings is 1. The van der Waals surface area contributed by atoms with Gasteiger partial charge in [0.15, 0.2) is 0 Å². The van der Waals surface area contributed by atoms with Crippen LogP contribution in [0.15, 0.2) is 30.3 Å². The van der Waals surface area contributed by atoms with Crippen molar-refractivity contribution < 1.29 is 15.0 Å². The molecule has 0 aliphatic heterocycles. The maximum atomic E-state index is 11.9. The molecule has 5 nitrogen and oxygen atoms in total. The van der Waals surface area contributed by atoms with Crippen LogP contribution < -0.4 is 5.32 Å². The Kier molecular flexibility index (Phi) is 9.16. The molecule has 2 atom stereocenters. The van der Waals surface area contributed by atoms with Gasteiger partial charge in [-0.15, -0.1) is 12.4 Å². The number of nitrogens with one attached hydrogen (secondary N) is 1. The second-order valence-corrected chi connectivity index (χ2v) is 4.50. The van der Waals surface area contributed by atoms with Crippen molar-refractivity contribution in [3.63, 3.8) is 0 Å². The first kappa shape index (κ1) is 18.9. The molecule has 1 amide bonds. The minimum absolute atomic E-state index is 0. The number of hydrogen-bond donors (Lipinski definition) is 3. The van der Waals surface area contributed by atoms with E-state index in [2.05, 4.69) is 5.32 Å². The zero-order valence-electron chi connectivity index (χ0n) is 11.8. The normalized spacial score (nSPS) is 13.2. The summed E-state index contributed by atoms with van der Waals surface area (Å²) in [5, 5.41) is 21.7. The van der Waals surface area contributed by atoms with Gasteiger partial charge in [0, 0.05) is 13.6 Å². The summed E-state index contributed by atoms with van der Waals surface area (Å²) in [6.45, 7) is 2.35. The summed E-state index contributed by atoms with van der Waals surface area (Å²) in [5.41, 5.74) is 0.790. The highest BCUT2D eigenvalue weighted by Gasteiger charge is 2.23. The Bertz CT molecular complexity index is 389. The maximum absolute atomic E-state index is 11.9. The third-order valence-electron chi connectivity index (χ3n) is 3.17. The molecule has 0 aliphatic rings. The van der Waals surface area contributed by atoms with Crippen LogP contribution >= 0.6 is 12.4 Å². The van der Waals surface area contributed by atoms with Crippen molar-refractivity contribution in [2.45, 2.75) is 19.1 Å². The molecule has 0 bridgehead atoms. The lowest BCUT2D eigenvalue weighted by molar-refractivity contribution is -0.133. The first-order valence-corrected chi connectivity index (χ1v) is 6.38. The van der Waals surface area contributed by atoms with Crippen molar-refractivity contribution in [1.82, 2.24) is 10.2 Å². The molecule has 20 heavy (non-hydrogen) atoms. The van der Waals surface area contributed by atoms with Crippen LogP contribution in [0, 0.1) is 0 Å². The lowest BCUT2D eigenvalue weighted by atomic mass is 10.0. The van der Waals surface area contributed by atoms with Crippen molar-refractivity contribution in [2.75, 3.05) is 26.7 Å². The summed E-state index contributed by atoms with van der Waals surface area (Å²) < 4.78 is 0. The Hall–Kier alpha value is -1.14. The molecule has 0 spiro atoms. The van der Waals surface area contributed by atoms with E-state index in [0.717, 1.165) is 5.56 Å². The monoisotopic (exact) mass is 302 g/mol. The Labute approximate surface area is 126 Å². The number of hydrogen-bond acceptors (Lipinski definition) is 4. The van der Waals surface area contributed by atoms with Crippen LogP contribution in [-0.4, -0.2) is 53.8 Å². The van der Waals surface area contributed by atoms with E-state index in [4.69, 9.17) is 5.11 Å². The topological polar surface area (TPSA) is 72.8 Å². The molecule has 0 aromatic heterocycles.